The number of rotatable bonds is 6. The van der Waals surface area contributed by atoms with Crippen LogP contribution in [0.2, 0.25) is 0 Å². The number of likely N-dealkylation sites (tertiary alicyclic amines) is 1. The Labute approximate surface area is 113 Å². The van der Waals surface area contributed by atoms with Crippen LogP contribution in [-0.4, -0.2) is 48.3 Å². The van der Waals surface area contributed by atoms with E-state index in [1.54, 1.807) is 0 Å². The topological polar surface area (TPSA) is 35.5 Å². The molecule has 1 heterocycles. The lowest BCUT2D eigenvalue weighted by atomic mass is 9.89. The minimum Gasteiger partial charge on any atom is -0.393 e. The van der Waals surface area contributed by atoms with Crippen molar-refractivity contribution < 1.29 is 5.11 Å². The van der Waals surface area contributed by atoms with Crippen molar-refractivity contribution in [2.45, 2.75) is 53.2 Å². The van der Waals surface area contributed by atoms with Gasteiger partial charge in [0.25, 0.3) is 0 Å². The lowest BCUT2D eigenvalue weighted by molar-refractivity contribution is 0.0431. The summed E-state index contributed by atoms with van der Waals surface area (Å²) in [4.78, 5) is 2.52. The molecule has 1 saturated heterocycles. The van der Waals surface area contributed by atoms with Gasteiger partial charge in [-0.3, -0.25) is 0 Å². The van der Waals surface area contributed by atoms with Crippen LogP contribution in [0.4, 0.5) is 0 Å². The summed E-state index contributed by atoms with van der Waals surface area (Å²) in [7, 11) is 0. The summed E-state index contributed by atoms with van der Waals surface area (Å²) in [6, 6.07) is 0.541. The maximum absolute atomic E-state index is 9.87. The second-order valence-corrected chi connectivity index (χ2v) is 6.85. The summed E-state index contributed by atoms with van der Waals surface area (Å²) < 4.78 is 0. The van der Waals surface area contributed by atoms with E-state index in [1.165, 1.54) is 0 Å². The van der Waals surface area contributed by atoms with Gasteiger partial charge in [0.2, 0.25) is 0 Å². The SMILES string of the molecule is CC(C)CNC1CC(C(C)O)CN(CC(C)C)C1. The fourth-order valence-corrected chi connectivity index (χ4v) is 2.80. The molecule has 0 amide bonds. The van der Waals surface area contributed by atoms with Gasteiger partial charge in [-0.15, -0.1) is 0 Å². The summed E-state index contributed by atoms with van der Waals surface area (Å²) in [5, 5.41) is 13.5. The Morgan fingerprint density at radius 3 is 2.28 bits per heavy atom. The summed E-state index contributed by atoms with van der Waals surface area (Å²) in [5.74, 6) is 1.81. The number of aliphatic hydroxyl groups is 1. The third kappa shape index (κ3) is 5.68. The number of hydrogen-bond donors (Lipinski definition) is 2. The molecule has 3 unspecified atom stereocenters. The quantitative estimate of drug-likeness (QED) is 0.762. The molecule has 0 aliphatic carbocycles. The van der Waals surface area contributed by atoms with Crippen molar-refractivity contribution in [2.75, 3.05) is 26.2 Å². The highest BCUT2D eigenvalue weighted by molar-refractivity contribution is 4.86. The van der Waals surface area contributed by atoms with Gasteiger partial charge in [0.05, 0.1) is 6.10 Å². The maximum atomic E-state index is 9.87. The summed E-state index contributed by atoms with van der Waals surface area (Å²) >= 11 is 0. The Hall–Kier alpha value is -0.120. The molecule has 0 aromatic rings. The molecule has 18 heavy (non-hydrogen) atoms. The van der Waals surface area contributed by atoms with Gasteiger partial charge in [-0.1, -0.05) is 27.7 Å². The van der Waals surface area contributed by atoms with Crippen LogP contribution in [0, 0.1) is 17.8 Å². The Morgan fingerprint density at radius 1 is 1.11 bits per heavy atom. The van der Waals surface area contributed by atoms with Gasteiger partial charge in [-0.2, -0.15) is 0 Å². The molecule has 1 fully saturated rings. The van der Waals surface area contributed by atoms with Crippen LogP contribution in [0.3, 0.4) is 0 Å². The Kier molecular flexibility index (Phi) is 6.61. The van der Waals surface area contributed by atoms with E-state index in [-0.39, 0.29) is 6.10 Å². The number of hydrogen-bond acceptors (Lipinski definition) is 3. The second kappa shape index (κ2) is 7.46. The van der Waals surface area contributed by atoms with E-state index in [0.717, 1.165) is 32.6 Å². The number of nitrogens with zero attached hydrogens (tertiary/aromatic N) is 1. The van der Waals surface area contributed by atoms with Crippen LogP contribution < -0.4 is 5.32 Å². The van der Waals surface area contributed by atoms with Crippen LogP contribution in [0.5, 0.6) is 0 Å². The van der Waals surface area contributed by atoms with E-state index in [4.69, 9.17) is 0 Å². The van der Waals surface area contributed by atoms with Crippen molar-refractivity contribution in [1.29, 1.82) is 0 Å². The third-order valence-electron chi connectivity index (χ3n) is 3.68. The van der Waals surface area contributed by atoms with Gasteiger partial charge in [-0.05, 0) is 37.6 Å². The molecule has 0 spiro atoms. The molecule has 0 aromatic heterocycles. The summed E-state index contributed by atoms with van der Waals surface area (Å²) in [5.41, 5.74) is 0. The van der Waals surface area contributed by atoms with E-state index in [2.05, 4.69) is 37.9 Å². The predicted octanol–water partition coefficient (Wildman–Crippen LogP) is 1.96. The molecule has 0 aromatic carbocycles. The second-order valence-electron chi connectivity index (χ2n) is 6.85. The average Bonchev–Trinajstić information content (AvgIpc) is 2.25. The van der Waals surface area contributed by atoms with Crippen LogP contribution in [0.25, 0.3) is 0 Å². The first kappa shape index (κ1) is 15.9. The molecule has 0 bridgehead atoms. The molecule has 1 aliphatic heterocycles. The van der Waals surface area contributed by atoms with Crippen molar-refractivity contribution in [3.05, 3.63) is 0 Å². The van der Waals surface area contributed by atoms with Crippen molar-refractivity contribution in [3.63, 3.8) is 0 Å². The molecule has 3 nitrogen and oxygen atoms in total. The molecular formula is C15H32N2O. The highest BCUT2D eigenvalue weighted by Crippen LogP contribution is 2.21. The van der Waals surface area contributed by atoms with Gasteiger partial charge in [0.1, 0.15) is 0 Å². The molecule has 3 atom stereocenters. The molecule has 1 aliphatic rings. The molecular weight excluding hydrogens is 224 g/mol. The number of piperidine rings is 1. The highest BCUT2D eigenvalue weighted by atomic mass is 16.3. The normalized spacial score (nSPS) is 28.0. The zero-order valence-electron chi connectivity index (χ0n) is 12.8. The van der Waals surface area contributed by atoms with Crippen molar-refractivity contribution in [3.8, 4) is 0 Å². The average molecular weight is 256 g/mol. The smallest absolute Gasteiger partial charge is 0.0553 e. The monoisotopic (exact) mass is 256 g/mol. The first-order valence-corrected chi connectivity index (χ1v) is 7.52. The van der Waals surface area contributed by atoms with Crippen LogP contribution >= 0.6 is 0 Å². The molecule has 108 valence electrons. The van der Waals surface area contributed by atoms with Crippen molar-refractivity contribution in [2.24, 2.45) is 17.8 Å². The zero-order chi connectivity index (χ0) is 13.7. The molecule has 3 heteroatoms. The van der Waals surface area contributed by atoms with Crippen molar-refractivity contribution in [1.82, 2.24) is 10.2 Å². The van der Waals surface area contributed by atoms with E-state index < -0.39 is 0 Å². The first-order valence-electron chi connectivity index (χ1n) is 7.52. The van der Waals surface area contributed by atoms with Gasteiger partial charge in [-0.25, -0.2) is 0 Å². The fourth-order valence-electron chi connectivity index (χ4n) is 2.80. The molecule has 0 radical (unpaired) electrons. The Bertz CT molecular complexity index is 229. The molecule has 0 saturated carbocycles. The lowest BCUT2D eigenvalue weighted by Gasteiger charge is -2.40. The van der Waals surface area contributed by atoms with E-state index in [0.29, 0.717) is 23.8 Å². The first-order chi connectivity index (χ1) is 8.38. The highest BCUT2D eigenvalue weighted by Gasteiger charge is 2.29. The van der Waals surface area contributed by atoms with Crippen molar-refractivity contribution >= 4 is 0 Å². The van der Waals surface area contributed by atoms with Gasteiger partial charge in [0.15, 0.2) is 0 Å². The van der Waals surface area contributed by atoms with E-state index in [9.17, 15) is 5.11 Å². The minimum absolute atomic E-state index is 0.191. The minimum atomic E-state index is -0.191. The molecule has 2 N–H and O–H groups in total. The summed E-state index contributed by atoms with van der Waals surface area (Å²) in [6.07, 6.45) is 0.919. The van der Waals surface area contributed by atoms with Crippen LogP contribution in [0.15, 0.2) is 0 Å². The molecule has 1 rings (SSSR count). The summed E-state index contributed by atoms with van der Waals surface area (Å²) in [6.45, 7) is 15.4. The Balaban J connectivity index is 2.51. The van der Waals surface area contributed by atoms with Gasteiger partial charge >= 0.3 is 0 Å². The zero-order valence-corrected chi connectivity index (χ0v) is 12.8. The lowest BCUT2D eigenvalue weighted by Crippen LogP contribution is -2.52. The Morgan fingerprint density at radius 2 is 1.78 bits per heavy atom. The van der Waals surface area contributed by atoms with Crippen LogP contribution in [-0.2, 0) is 0 Å². The fraction of sp³-hybridized carbons (Fsp3) is 1.00. The predicted molar refractivity (Wildman–Crippen MR) is 77.7 cm³/mol. The van der Waals surface area contributed by atoms with E-state index in [1.807, 2.05) is 6.92 Å². The number of nitrogens with one attached hydrogen (secondary N) is 1. The van der Waals surface area contributed by atoms with Gasteiger partial charge in [0, 0.05) is 25.7 Å². The van der Waals surface area contributed by atoms with E-state index >= 15 is 0 Å². The largest absolute Gasteiger partial charge is 0.393 e. The third-order valence-corrected chi connectivity index (χ3v) is 3.68. The number of aliphatic hydroxyl groups excluding tert-OH is 1. The standard InChI is InChI=1S/C15H32N2O/c1-11(2)7-16-15-6-14(13(5)18)9-17(10-15)8-12(3)4/h11-16,18H,6-10H2,1-5H3. The van der Waals surface area contributed by atoms with Crippen LogP contribution in [0.1, 0.15) is 41.0 Å². The maximum Gasteiger partial charge on any atom is 0.0553 e. The van der Waals surface area contributed by atoms with Gasteiger partial charge < -0.3 is 15.3 Å².